The molecule has 0 heterocycles. The third-order valence-corrected chi connectivity index (χ3v) is 5.09. The third-order valence-electron chi connectivity index (χ3n) is 2.77. The normalized spacial score (nSPS) is 13.3. The summed E-state index contributed by atoms with van der Waals surface area (Å²) in [4.78, 5) is 22.0. The number of carboxylic acid groups (broad SMARTS) is 2. The first-order valence-electron chi connectivity index (χ1n) is 5.62. The van der Waals surface area contributed by atoms with E-state index in [1.807, 2.05) is 0 Å². The summed E-state index contributed by atoms with van der Waals surface area (Å²) in [5.74, 6) is -2.62. The van der Waals surface area contributed by atoms with Gasteiger partial charge >= 0.3 is 11.9 Å². The van der Waals surface area contributed by atoms with Crippen molar-refractivity contribution in [3.05, 3.63) is 58.1 Å². The second-order valence-electron chi connectivity index (χ2n) is 3.99. The number of halogens is 3. The average molecular weight is 483 g/mol. The third kappa shape index (κ3) is 3.64. The summed E-state index contributed by atoms with van der Waals surface area (Å²) in [6.07, 6.45) is 3.07. The van der Waals surface area contributed by atoms with Crippen molar-refractivity contribution in [2.45, 2.75) is 9.65 Å². The Morgan fingerprint density at radius 3 is 1.90 bits per heavy atom. The first kappa shape index (κ1) is 18.1. The number of hydrogen-bond acceptors (Lipinski definition) is 2. The lowest BCUT2D eigenvalue weighted by molar-refractivity contribution is 0.0650. The van der Waals surface area contributed by atoms with Crippen molar-refractivity contribution in [1.82, 2.24) is 0 Å². The molecule has 0 radical (unpaired) electrons. The number of hydrogen-bond donors (Lipinski definition) is 2. The van der Waals surface area contributed by atoms with Gasteiger partial charge < -0.3 is 10.2 Å². The zero-order valence-electron chi connectivity index (χ0n) is 10.6. The van der Waals surface area contributed by atoms with E-state index in [9.17, 15) is 19.8 Å². The van der Waals surface area contributed by atoms with Gasteiger partial charge in [-0.15, -0.1) is 13.2 Å². The molecule has 0 aliphatic rings. The minimum absolute atomic E-state index is 0.270. The molecular weight excluding hydrogens is 472 g/mol. The van der Waals surface area contributed by atoms with Crippen LogP contribution >= 0.6 is 47.8 Å². The topological polar surface area (TPSA) is 74.6 Å². The molecule has 0 aromatic heterocycles. The van der Waals surface area contributed by atoms with E-state index in [0.29, 0.717) is 15.6 Å². The molecular formula is C14H11Br3O4. The zero-order chi connectivity index (χ0) is 16.3. The van der Waals surface area contributed by atoms with Crippen LogP contribution < -0.4 is 0 Å². The van der Waals surface area contributed by atoms with Crippen LogP contribution in [0.5, 0.6) is 0 Å². The zero-order valence-corrected chi connectivity index (χ0v) is 15.4. The van der Waals surface area contributed by atoms with Gasteiger partial charge in [0.2, 0.25) is 0 Å². The molecule has 1 aromatic carbocycles. The van der Waals surface area contributed by atoms with Gasteiger partial charge in [0.25, 0.3) is 0 Å². The van der Waals surface area contributed by atoms with Crippen LogP contribution in [0.25, 0.3) is 0 Å². The van der Waals surface area contributed by atoms with E-state index in [2.05, 4.69) is 60.9 Å². The molecule has 0 amide bonds. The summed E-state index contributed by atoms with van der Waals surface area (Å²) in [6, 6.07) is 1.28. The van der Waals surface area contributed by atoms with E-state index in [1.54, 1.807) is 6.08 Å². The molecule has 2 N–H and O–H groups in total. The van der Waals surface area contributed by atoms with Gasteiger partial charge in [0.05, 0.1) is 20.8 Å². The van der Waals surface area contributed by atoms with E-state index in [1.165, 1.54) is 12.1 Å². The molecule has 4 nitrogen and oxygen atoms in total. The Morgan fingerprint density at radius 1 is 1.05 bits per heavy atom. The van der Waals surface area contributed by atoms with Gasteiger partial charge in [0, 0.05) is 4.47 Å². The fraction of sp³-hybridized carbons (Fsp3) is 0.143. The van der Waals surface area contributed by atoms with Crippen molar-refractivity contribution in [3.8, 4) is 0 Å². The monoisotopic (exact) mass is 480 g/mol. The number of allylic oxidation sites excluding steroid dienone is 2. The van der Waals surface area contributed by atoms with E-state index in [-0.39, 0.29) is 16.0 Å². The number of alkyl halides is 2. The minimum atomic E-state index is -1.31. The second-order valence-corrected chi connectivity index (χ2v) is 6.82. The van der Waals surface area contributed by atoms with Crippen molar-refractivity contribution in [1.29, 1.82) is 0 Å². The van der Waals surface area contributed by atoms with Gasteiger partial charge in [-0.1, -0.05) is 59.9 Å². The lowest BCUT2D eigenvalue weighted by atomic mass is 9.92. The Bertz CT molecular complexity index is 625. The van der Waals surface area contributed by atoms with Gasteiger partial charge in [-0.05, 0) is 17.2 Å². The highest BCUT2D eigenvalue weighted by atomic mass is 79.9. The number of carbonyl (C=O) groups is 2. The van der Waals surface area contributed by atoms with Crippen LogP contribution in [0.3, 0.4) is 0 Å². The smallest absolute Gasteiger partial charge is 0.336 e. The van der Waals surface area contributed by atoms with E-state index < -0.39 is 16.8 Å². The highest BCUT2D eigenvalue weighted by Gasteiger charge is 2.29. The number of benzene rings is 1. The Kier molecular flexibility index (Phi) is 6.37. The Hall–Kier alpha value is -0.920. The molecule has 7 heteroatoms. The number of carboxylic acids is 2. The molecule has 0 bridgehead atoms. The molecule has 0 saturated carbocycles. The molecule has 21 heavy (non-hydrogen) atoms. The van der Waals surface area contributed by atoms with Gasteiger partial charge in [0.1, 0.15) is 0 Å². The molecule has 112 valence electrons. The first-order chi connectivity index (χ1) is 9.76. The molecule has 2 unspecified atom stereocenters. The van der Waals surface area contributed by atoms with Gasteiger partial charge in [-0.3, -0.25) is 0 Å². The maximum Gasteiger partial charge on any atom is 0.336 e. The van der Waals surface area contributed by atoms with Crippen LogP contribution in [0.15, 0.2) is 35.8 Å². The summed E-state index contributed by atoms with van der Waals surface area (Å²) in [7, 11) is 0. The van der Waals surface area contributed by atoms with Crippen molar-refractivity contribution >= 4 is 59.7 Å². The SMILES string of the molecule is C=CC(Br)c1c(Br)cc(C(=O)O)c(C(=O)O)c1C(Br)C=C. The van der Waals surface area contributed by atoms with Gasteiger partial charge in [-0.2, -0.15) is 0 Å². The molecule has 0 saturated heterocycles. The Balaban J connectivity index is 3.95. The molecule has 0 spiro atoms. The van der Waals surface area contributed by atoms with Crippen LogP contribution in [0.1, 0.15) is 41.5 Å². The summed E-state index contributed by atoms with van der Waals surface area (Å²) in [5, 5.41) is 18.7. The van der Waals surface area contributed by atoms with E-state index >= 15 is 0 Å². The van der Waals surface area contributed by atoms with Crippen molar-refractivity contribution in [2.75, 3.05) is 0 Å². The standard InChI is InChI=1S/C14H11Br3O4/c1-3-7(15)11-9(17)5-6(13(18)19)10(14(20)21)12(11)8(16)4-2/h3-5,7-8H,1-2H2,(H,18,19)(H,20,21). The summed E-state index contributed by atoms with van der Waals surface area (Å²) < 4.78 is 0.480. The summed E-state index contributed by atoms with van der Waals surface area (Å²) in [5.41, 5.74) is 0.359. The van der Waals surface area contributed by atoms with Gasteiger partial charge in [0.15, 0.2) is 0 Å². The highest BCUT2D eigenvalue weighted by molar-refractivity contribution is 9.11. The van der Waals surface area contributed by atoms with Crippen LogP contribution in [-0.2, 0) is 0 Å². The molecule has 2 atom stereocenters. The number of rotatable bonds is 6. The quantitative estimate of drug-likeness (QED) is 0.437. The molecule has 1 aromatic rings. The molecule has 0 fully saturated rings. The average Bonchev–Trinajstić information content (AvgIpc) is 2.43. The van der Waals surface area contributed by atoms with Crippen molar-refractivity contribution in [2.24, 2.45) is 0 Å². The summed E-state index contributed by atoms with van der Waals surface area (Å²) >= 11 is 10.0. The molecule has 0 aliphatic carbocycles. The Morgan fingerprint density at radius 2 is 1.52 bits per heavy atom. The predicted octanol–water partition coefficient (Wildman–Crippen LogP) is 5.09. The fourth-order valence-corrected chi connectivity index (χ4v) is 3.85. The summed E-state index contributed by atoms with van der Waals surface area (Å²) in [6.45, 7) is 7.29. The Labute approximate surface area is 146 Å². The molecule has 0 aliphatic heterocycles. The minimum Gasteiger partial charge on any atom is -0.478 e. The lowest BCUT2D eigenvalue weighted by Crippen LogP contribution is -2.15. The van der Waals surface area contributed by atoms with Crippen LogP contribution in [0.2, 0.25) is 0 Å². The van der Waals surface area contributed by atoms with Crippen LogP contribution in [-0.4, -0.2) is 22.2 Å². The van der Waals surface area contributed by atoms with Crippen molar-refractivity contribution in [3.63, 3.8) is 0 Å². The fourth-order valence-electron chi connectivity index (χ4n) is 1.89. The number of aromatic carboxylic acids is 2. The van der Waals surface area contributed by atoms with Crippen molar-refractivity contribution < 1.29 is 19.8 Å². The van der Waals surface area contributed by atoms with Crippen LogP contribution in [0.4, 0.5) is 0 Å². The predicted molar refractivity (Wildman–Crippen MR) is 91.8 cm³/mol. The largest absolute Gasteiger partial charge is 0.478 e. The van der Waals surface area contributed by atoms with E-state index in [4.69, 9.17) is 0 Å². The maximum absolute atomic E-state index is 11.6. The van der Waals surface area contributed by atoms with E-state index in [0.717, 1.165) is 0 Å². The lowest BCUT2D eigenvalue weighted by Gasteiger charge is -2.21. The van der Waals surface area contributed by atoms with Gasteiger partial charge in [-0.25, -0.2) is 9.59 Å². The highest BCUT2D eigenvalue weighted by Crippen LogP contribution is 2.42. The second kappa shape index (κ2) is 7.38. The van der Waals surface area contributed by atoms with Crippen LogP contribution in [0, 0.1) is 0 Å². The first-order valence-corrected chi connectivity index (χ1v) is 8.24. The molecule has 1 rings (SSSR count). The maximum atomic E-state index is 11.6.